The van der Waals surface area contributed by atoms with Gasteiger partial charge in [0.15, 0.2) is 17.4 Å². The lowest BCUT2D eigenvalue weighted by molar-refractivity contribution is -0.137. The van der Waals surface area contributed by atoms with Crippen molar-refractivity contribution in [3.8, 4) is 0 Å². The minimum absolute atomic E-state index is 0. The summed E-state index contributed by atoms with van der Waals surface area (Å²) in [6, 6.07) is 11.4. The molecule has 2 heterocycles. The van der Waals surface area contributed by atoms with Crippen molar-refractivity contribution in [2.45, 2.75) is 44.3 Å². The fraction of sp³-hybridized carbons (Fsp3) is 0.409. The summed E-state index contributed by atoms with van der Waals surface area (Å²) in [5.41, 5.74) is 0.554. The smallest absolute Gasteiger partial charge is 0.357 e. The van der Waals surface area contributed by atoms with Crippen molar-refractivity contribution < 1.29 is 13.2 Å². The Kier molecular flexibility index (Phi) is 7.63. The molecule has 4 rings (SSSR count). The molecule has 0 radical (unpaired) electrons. The first kappa shape index (κ1) is 24.3. The Hall–Kier alpha value is -2.37. The minimum atomic E-state index is -4.34. The van der Waals surface area contributed by atoms with E-state index >= 15 is 0 Å². The summed E-state index contributed by atoms with van der Waals surface area (Å²) in [7, 11) is 0. The molecule has 1 saturated carbocycles. The molecule has 1 aliphatic carbocycles. The zero-order valence-corrected chi connectivity index (χ0v) is 20.0. The number of pyridine rings is 1. The van der Waals surface area contributed by atoms with Crippen LogP contribution in [-0.2, 0) is 18.1 Å². The zero-order valence-electron chi connectivity index (χ0n) is 17.7. The van der Waals surface area contributed by atoms with Crippen molar-refractivity contribution >= 4 is 35.6 Å². The number of halogens is 4. The van der Waals surface area contributed by atoms with Crippen LogP contribution in [0.25, 0.3) is 5.65 Å². The van der Waals surface area contributed by atoms with Crippen LogP contribution in [0.5, 0.6) is 0 Å². The van der Waals surface area contributed by atoms with Crippen molar-refractivity contribution in [2.75, 3.05) is 13.1 Å². The van der Waals surface area contributed by atoms with Crippen LogP contribution < -0.4 is 10.6 Å². The van der Waals surface area contributed by atoms with Gasteiger partial charge in [-0.15, -0.1) is 34.2 Å². The molecule has 0 aliphatic heterocycles. The lowest BCUT2D eigenvalue weighted by atomic mass is 9.64. The maximum atomic E-state index is 13.2. The molecular weight excluding hydrogens is 532 g/mol. The molecule has 10 heteroatoms. The molecule has 0 amide bonds. The quantitative estimate of drug-likeness (QED) is 0.265. The van der Waals surface area contributed by atoms with Gasteiger partial charge in [0.25, 0.3) is 0 Å². The standard InChI is InChI=1S/C22H25F3N6.HI/c1-2-26-20(27-14-19-30-29-18-9-3-4-12-31(18)19)28-15-21(10-6-11-21)16-7-5-8-17(13-16)22(23,24)25;/h3-5,7-9,12-13H,2,6,10-11,14-15H2,1H3,(H2,26,27,28);1H. The molecule has 32 heavy (non-hydrogen) atoms. The van der Waals surface area contributed by atoms with Crippen molar-refractivity contribution in [2.24, 2.45) is 4.99 Å². The molecule has 2 N–H and O–H groups in total. The van der Waals surface area contributed by atoms with E-state index in [1.165, 1.54) is 12.1 Å². The summed E-state index contributed by atoms with van der Waals surface area (Å²) in [6.07, 6.45) is 0.228. The van der Waals surface area contributed by atoms with Gasteiger partial charge in [-0.05, 0) is 43.5 Å². The second-order valence-electron chi connectivity index (χ2n) is 7.81. The molecule has 3 aromatic rings. The summed E-state index contributed by atoms with van der Waals surface area (Å²) in [6.45, 7) is 3.48. The van der Waals surface area contributed by atoms with Crippen LogP contribution in [0.3, 0.4) is 0 Å². The van der Waals surface area contributed by atoms with Gasteiger partial charge < -0.3 is 10.6 Å². The topological polar surface area (TPSA) is 66.6 Å². The maximum Gasteiger partial charge on any atom is 0.416 e. The van der Waals surface area contributed by atoms with Crippen LogP contribution in [0.4, 0.5) is 13.2 Å². The summed E-state index contributed by atoms with van der Waals surface area (Å²) >= 11 is 0. The Morgan fingerprint density at radius 2 is 1.94 bits per heavy atom. The van der Waals surface area contributed by atoms with E-state index in [1.807, 2.05) is 35.7 Å². The van der Waals surface area contributed by atoms with Gasteiger partial charge in [0.2, 0.25) is 0 Å². The number of hydrogen-bond donors (Lipinski definition) is 2. The Bertz CT molecular complexity index is 1070. The lowest BCUT2D eigenvalue weighted by Gasteiger charge is -2.43. The van der Waals surface area contributed by atoms with Crippen LogP contribution in [0.1, 0.15) is 43.1 Å². The minimum Gasteiger partial charge on any atom is -0.357 e. The van der Waals surface area contributed by atoms with Gasteiger partial charge in [0.1, 0.15) is 6.54 Å². The molecule has 0 spiro atoms. The van der Waals surface area contributed by atoms with Gasteiger partial charge >= 0.3 is 6.18 Å². The fourth-order valence-electron chi connectivity index (χ4n) is 3.94. The number of benzene rings is 1. The summed E-state index contributed by atoms with van der Waals surface area (Å²) < 4.78 is 41.4. The predicted octanol–water partition coefficient (Wildman–Crippen LogP) is 4.54. The van der Waals surface area contributed by atoms with E-state index in [1.54, 1.807) is 6.07 Å². The summed E-state index contributed by atoms with van der Waals surface area (Å²) in [4.78, 5) is 4.61. The summed E-state index contributed by atoms with van der Waals surface area (Å²) in [5.74, 6) is 1.32. The Balaban J connectivity index is 0.00000289. The highest BCUT2D eigenvalue weighted by molar-refractivity contribution is 14.0. The molecule has 2 aromatic heterocycles. The monoisotopic (exact) mass is 558 g/mol. The number of fused-ring (bicyclic) bond motifs is 1. The molecule has 1 aliphatic rings. The van der Waals surface area contributed by atoms with Crippen LogP contribution in [0, 0.1) is 0 Å². The third-order valence-electron chi connectivity index (χ3n) is 5.81. The first-order valence-electron chi connectivity index (χ1n) is 10.4. The molecular formula is C22H26F3IN6. The van der Waals surface area contributed by atoms with E-state index in [0.29, 0.717) is 31.4 Å². The normalized spacial score (nSPS) is 15.7. The van der Waals surface area contributed by atoms with E-state index in [9.17, 15) is 13.2 Å². The zero-order chi connectivity index (χ0) is 21.9. The van der Waals surface area contributed by atoms with E-state index in [2.05, 4.69) is 25.8 Å². The van der Waals surface area contributed by atoms with Gasteiger partial charge in [-0.25, -0.2) is 4.99 Å². The van der Waals surface area contributed by atoms with Gasteiger partial charge in [0.05, 0.1) is 5.56 Å². The van der Waals surface area contributed by atoms with Gasteiger partial charge in [-0.3, -0.25) is 4.40 Å². The van der Waals surface area contributed by atoms with E-state index in [-0.39, 0.29) is 29.4 Å². The number of hydrogen-bond acceptors (Lipinski definition) is 3. The van der Waals surface area contributed by atoms with Crippen molar-refractivity contribution in [3.05, 3.63) is 65.6 Å². The lowest BCUT2D eigenvalue weighted by Crippen LogP contribution is -2.49. The van der Waals surface area contributed by atoms with Gasteiger partial charge in [-0.1, -0.05) is 30.7 Å². The van der Waals surface area contributed by atoms with Crippen LogP contribution in [0.15, 0.2) is 53.7 Å². The van der Waals surface area contributed by atoms with Gasteiger partial charge in [0, 0.05) is 24.7 Å². The molecule has 0 unspecified atom stereocenters. The third kappa shape index (κ3) is 5.16. The number of alkyl halides is 3. The van der Waals surface area contributed by atoms with E-state index in [4.69, 9.17) is 0 Å². The molecule has 1 fully saturated rings. The first-order chi connectivity index (χ1) is 14.9. The predicted molar refractivity (Wildman–Crippen MR) is 128 cm³/mol. The van der Waals surface area contributed by atoms with Gasteiger partial charge in [-0.2, -0.15) is 13.2 Å². The van der Waals surface area contributed by atoms with E-state index < -0.39 is 11.7 Å². The second-order valence-corrected chi connectivity index (χ2v) is 7.81. The Morgan fingerprint density at radius 3 is 2.62 bits per heavy atom. The van der Waals surface area contributed by atoms with Crippen LogP contribution in [0.2, 0.25) is 0 Å². The number of aliphatic imine (C=N–C) groups is 1. The molecule has 0 saturated heterocycles. The van der Waals surface area contributed by atoms with Crippen LogP contribution in [-0.4, -0.2) is 33.6 Å². The van der Waals surface area contributed by atoms with Crippen LogP contribution >= 0.6 is 24.0 Å². The first-order valence-corrected chi connectivity index (χ1v) is 10.4. The average Bonchev–Trinajstić information content (AvgIpc) is 3.14. The summed E-state index contributed by atoms with van der Waals surface area (Å²) in [5, 5.41) is 14.8. The Morgan fingerprint density at radius 1 is 1.12 bits per heavy atom. The molecule has 6 nitrogen and oxygen atoms in total. The number of aromatic nitrogens is 3. The largest absolute Gasteiger partial charge is 0.416 e. The van der Waals surface area contributed by atoms with E-state index in [0.717, 1.165) is 36.5 Å². The molecule has 1 aromatic carbocycles. The molecule has 0 atom stereocenters. The highest BCUT2D eigenvalue weighted by Gasteiger charge is 2.40. The molecule has 172 valence electrons. The maximum absolute atomic E-state index is 13.2. The number of nitrogens with zero attached hydrogens (tertiary/aromatic N) is 4. The highest BCUT2D eigenvalue weighted by Crippen LogP contribution is 2.44. The SMILES string of the molecule is CCNC(=NCc1nnc2ccccn12)NCC1(c2cccc(C(F)(F)F)c2)CCC1.I. The van der Waals surface area contributed by atoms with Crippen molar-refractivity contribution in [1.82, 2.24) is 25.2 Å². The number of guanidine groups is 1. The molecule has 0 bridgehead atoms. The highest BCUT2D eigenvalue weighted by atomic mass is 127. The van der Waals surface area contributed by atoms with Crippen molar-refractivity contribution in [3.63, 3.8) is 0 Å². The third-order valence-corrected chi connectivity index (χ3v) is 5.81. The number of nitrogens with one attached hydrogen (secondary N) is 2. The Labute approximate surface area is 201 Å². The number of rotatable bonds is 6. The second kappa shape index (κ2) is 10.1. The fourth-order valence-corrected chi connectivity index (χ4v) is 3.94. The van der Waals surface area contributed by atoms with Crippen molar-refractivity contribution in [1.29, 1.82) is 0 Å². The average molecular weight is 558 g/mol.